The first-order chi connectivity index (χ1) is 17.4. The molecule has 1 aliphatic heterocycles. The Balaban J connectivity index is 2.53. The third-order valence-electron chi connectivity index (χ3n) is 5.40. The lowest BCUT2D eigenvalue weighted by Crippen LogP contribution is -2.41. The van der Waals surface area contributed by atoms with Gasteiger partial charge in [-0.05, 0) is 27.6 Å². The number of alkyl halides is 3. The van der Waals surface area contributed by atoms with Gasteiger partial charge in [0.25, 0.3) is 5.69 Å². The Kier molecular flexibility index (Phi) is 7.58. The molecule has 1 atom stereocenters. The smallest absolute Gasteiger partial charge is 0.416 e. The second-order valence-electron chi connectivity index (χ2n) is 7.42. The summed E-state index contributed by atoms with van der Waals surface area (Å²) in [5.74, 6) is -4.14. The third-order valence-corrected chi connectivity index (χ3v) is 6.01. The predicted molar refractivity (Wildman–Crippen MR) is 125 cm³/mol. The van der Waals surface area contributed by atoms with E-state index in [1.54, 1.807) is 30.3 Å². The number of methoxy groups -OCH3 is 2. The van der Waals surface area contributed by atoms with Crippen LogP contribution in [-0.2, 0) is 25.2 Å². The van der Waals surface area contributed by atoms with Crippen molar-refractivity contribution in [3.05, 3.63) is 90.8 Å². The maximum Gasteiger partial charge on any atom is 0.416 e. The van der Waals surface area contributed by atoms with Crippen molar-refractivity contribution >= 4 is 39.2 Å². The topological polar surface area (TPSA) is 149 Å². The van der Waals surface area contributed by atoms with Crippen LogP contribution in [0.4, 0.5) is 24.5 Å². The first-order valence-electron chi connectivity index (χ1n) is 10.1. The Morgan fingerprint density at radius 3 is 2.24 bits per heavy atom. The largest absolute Gasteiger partial charge is 0.466 e. The molecular formula is C23H16BrF3N4O6. The minimum absolute atomic E-state index is 0.245. The molecule has 14 heteroatoms. The summed E-state index contributed by atoms with van der Waals surface area (Å²) in [5, 5.41) is 21.9. The molecule has 0 fully saturated rings. The van der Waals surface area contributed by atoms with Gasteiger partial charge in [-0.3, -0.25) is 15.0 Å². The Labute approximate surface area is 215 Å². The minimum Gasteiger partial charge on any atom is -0.466 e. The number of nitro benzene ring substituents is 1. The summed E-state index contributed by atoms with van der Waals surface area (Å²) in [6, 6.07) is 10.6. The van der Waals surface area contributed by atoms with Crippen LogP contribution in [0, 0.1) is 21.4 Å². The molecule has 37 heavy (non-hydrogen) atoms. The van der Waals surface area contributed by atoms with Gasteiger partial charge in [0.2, 0.25) is 0 Å². The molecule has 0 amide bonds. The van der Waals surface area contributed by atoms with Crippen LogP contribution < -0.4 is 10.6 Å². The fourth-order valence-corrected chi connectivity index (χ4v) is 4.48. The summed E-state index contributed by atoms with van der Waals surface area (Å²) >= 11 is 2.90. The van der Waals surface area contributed by atoms with Crippen molar-refractivity contribution in [2.45, 2.75) is 12.1 Å². The fourth-order valence-electron chi connectivity index (χ4n) is 3.85. The first-order valence-corrected chi connectivity index (χ1v) is 10.9. The number of rotatable bonds is 5. The summed E-state index contributed by atoms with van der Waals surface area (Å²) in [6.45, 7) is 0. The van der Waals surface area contributed by atoms with E-state index in [0.29, 0.717) is 16.5 Å². The minimum atomic E-state index is -4.95. The molecule has 0 aromatic heterocycles. The van der Waals surface area contributed by atoms with Crippen LogP contribution in [0.2, 0.25) is 0 Å². The van der Waals surface area contributed by atoms with Crippen molar-refractivity contribution in [1.29, 1.82) is 5.26 Å². The lowest BCUT2D eigenvalue weighted by molar-refractivity contribution is -0.384. The van der Waals surface area contributed by atoms with Crippen molar-refractivity contribution in [2.75, 3.05) is 19.1 Å². The monoisotopic (exact) mass is 580 g/mol. The summed E-state index contributed by atoms with van der Waals surface area (Å²) < 4.78 is 49.4. The van der Waals surface area contributed by atoms with Gasteiger partial charge in [0, 0.05) is 10.5 Å². The number of benzene rings is 2. The molecule has 0 saturated heterocycles. The Morgan fingerprint density at radius 1 is 1.16 bits per heavy atom. The van der Waals surface area contributed by atoms with Gasteiger partial charge >= 0.3 is 18.1 Å². The number of nitrogens with zero attached hydrogens (tertiary/aromatic N) is 3. The number of hydrogen-bond acceptors (Lipinski definition) is 9. The van der Waals surface area contributed by atoms with Crippen molar-refractivity contribution in [2.24, 2.45) is 5.73 Å². The van der Waals surface area contributed by atoms with Crippen LogP contribution in [0.1, 0.15) is 17.0 Å². The molecule has 10 nitrogen and oxygen atoms in total. The standard InChI is InChI=1S/C23H16BrF3N4O6/c1-36-21(32)17-16(11-6-4-3-5-7-11)13(10-28)20(29)30(19(17)22(33)37-2)18-14(24)8-12(23(25,26)27)9-15(18)31(34)35/h3-9,16H,29H2,1-2H3. The number of hydrogen-bond donors (Lipinski definition) is 1. The molecule has 1 heterocycles. The SMILES string of the molecule is COC(=O)C1=C(C(=O)OC)N(c2c(Br)cc(C(F)(F)F)cc2[N+](=O)[O-])C(N)=C(C#N)C1c1ccccc1. The van der Waals surface area contributed by atoms with Gasteiger partial charge in [0.1, 0.15) is 17.2 Å². The van der Waals surface area contributed by atoms with E-state index in [4.69, 9.17) is 15.2 Å². The Morgan fingerprint density at radius 2 is 1.76 bits per heavy atom. The van der Waals surface area contributed by atoms with Crippen LogP contribution >= 0.6 is 15.9 Å². The van der Waals surface area contributed by atoms with E-state index in [2.05, 4.69) is 15.9 Å². The average Bonchev–Trinajstić information content (AvgIpc) is 2.86. The maximum absolute atomic E-state index is 13.4. The molecular weight excluding hydrogens is 565 g/mol. The molecule has 3 rings (SSSR count). The molecule has 0 aliphatic carbocycles. The number of anilines is 1. The van der Waals surface area contributed by atoms with Gasteiger partial charge in [-0.2, -0.15) is 18.4 Å². The summed E-state index contributed by atoms with van der Waals surface area (Å²) in [7, 11) is 1.96. The lowest BCUT2D eigenvalue weighted by atomic mass is 9.81. The molecule has 1 unspecified atom stereocenters. The number of nitro groups is 1. The van der Waals surface area contributed by atoms with Gasteiger partial charge in [0.05, 0.1) is 47.8 Å². The predicted octanol–water partition coefficient (Wildman–Crippen LogP) is 4.27. The summed E-state index contributed by atoms with van der Waals surface area (Å²) in [6.07, 6.45) is -4.95. The molecule has 192 valence electrons. The molecule has 0 saturated carbocycles. The summed E-state index contributed by atoms with van der Waals surface area (Å²) in [4.78, 5) is 37.5. The number of esters is 2. The molecule has 2 N–H and O–H groups in total. The van der Waals surface area contributed by atoms with Crippen molar-refractivity contribution in [1.82, 2.24) is 0 Å². The van der Waals surface area contributed by atoms with Crippen LogP contribution in [0.25, 0.3) is 0 Å². The van der Waals surface area contributed by atoms with Gasteiger partial charge in [-0.25, -0.2) is 9.59 Å². The second kappa shape index (κ2) is 10.3. The van der Waals surface area contributed by atoms with Gasteiger partial charge in [-0.1, -0.05) is 30.3 Å². The highest BCUT2D eigenvalue weighted by molar-refractivity contribution is 9.10. The summed E-state index contributed by atoms with van der Waals surface area (Å²) in [5.41, 5.74) is 2.01. The van der Waals surface area contributed by atoms with Crippen molar-refractivity contribution in [3.8, 4) is 6.07 Å². The third kappa shape index (κ3) is 4.85. The number of carbonyl (C=O) groups is 2. The highest BCUT2D eigenvalue weighted by Crippen LogP contribution is 2.49. The molecule has 0 radical (unpaired) electrons. The average molecular weight is 581 g/mol. The van der Waals surface area contributed by atoms with E-state index in [1.165, 1.54) is 0 Å². The highest BCUT2D eigenvalue weighted by atomic mass is 79.9. The molecule has 0 bridgehead atoms. The highest BCUT2D eigenvalue weighted by Gasteiger charge is 2.46. The first kappa shape index (κ1) is 27.2. The lowest BCUT2D eigenvalue weighted by Gasteiger charge is -2.36. The van der Waals surface area contributed by atoms with E-state index in [0.717, 1.165) is 14.2 Å². The Hall–Kier alpha value is -4.38. The Bertz CT molecular complexity index is 1400. The zero-order chi connectivity index (χ0) is 27.7. The quantitative estimate of drug-likeness (QED) is 0.310. The number of nitrogens with two attached hydrogens (primary N) is 1. The van der Waals surface area contributed by atoms with Gasteiger partial charge in [-0.15, -0.1) is 0 Å². The molecule has 1 aliphatic rings. The van der Waals surface area contributed by atoms with Gasteiger partial charge in [0.15, 0.2) is 0 Å². The zero-order valence-electron chi connectivity index (χ0n) is 19.0. The number of nitriles is 1. The van der Waals surface area contributed by atoms with E-state index in [-0.39, 0.29) is 11.6 Å². The van der Waals surface area contributed by atoms with Crippen molar-refractivity contribution in [3.63, 3.8) is 0 Å². The van der Waals surface area contributed by atoms with E-state index in [9.17, 15) is 38.1 Å². The maximum atomic E-state index is 13.4. The van der Waals surface area contributed by atoms with Gasteiger partial charge < -0.3 is 15.2 Å². The van der Waals surface area contributed by atoms with Crippen LogP contribution in [0.15, 0.2) is 69.6 Å². The van der Waals surface area contributed by atoms with E-state index in [1.807, 2.05) is 6.07 Å². The van der Waals surface area contributed by atoms with Crippen LogP contribution in [0.3, 0.4) is 0 Å². The molecule has 2 aromatic rings. The normalized spacial score (nSPS) is 15.8. The fraction of sp³-hybridized carbons (Fsp3) is 0.174. The number of halogens is 4. The van der Waals surface area contributed by atoms with Crippen molar-refractivity contribution < 1.29 is 37.2 Å². The molecule has 2 aromatic carbocycles. The van der Waals surface area contributed by atoms with Crippen LogP contribution in [-0.4, -0.2) is 31.1 Å². The number of ether oxygens (including phenoxy) is 2. The van der Waals surface area contributed by atoms with Crippen LogP contribution in [0.5, 0.6) is 0 Å². The zero-order valence-corrected chi connectivity index (χ0v) is 20.6. The van der Waals surface area contributed by atoms with E-state index < -0.39 is 67.5 Å². The van der Waals surface area contributed by atoms with E-state index >= 15 is 0 Å². The molecule has 0 spiro atoms. The number of carbonyl (C=O) groups excluding carboxylic acids is 2. The second-order valence-corrected chi connectivity index (χ2v) is 8.27. The number of allylic oxidation sites excluding steroid dienone is 1.